The van der Waals surface area contributed by atoms with E-state index in [-0.39, 0.29) is 5.91 Å². The molecule has 3 aromatic heterocycles. The number of nitrogens with one attached hydrogen (secondary N) is 2. The van der Waals surface area contributed by atoms with Crippen LogP contribution in [0.15, 0.2) is 78.4 Å². The minimum absolute atomic E-state index is 0.222. The molecule has 0 aliphatic heterocycles. The summed E-state index contributed by atoms with van der Waals surface area (Å²) in [6.07, 6.45) is 9.51. The van der Waals surface area contributed by atoms with E-state index in [4.69, 9.17) is 4.42 Å². The SMILES string of the molecule is O=C(Nc1ccc(Nc2cc(-n3ccnc3)ncn2)cc1)c1ccoc1. The van der Waals surface area contributed by atoms with Crippen molar-refractivity contribution in [3.8, 4) is 5.82 Å². The summed E-state index contributed by atoms with van der Waals surface area (Å²) >= 11 is 0. The van der Waals surface area contributed by atoms with Gasteiger partial charge in [-0.1, -0.05) is 0 Å². The van der Waals surface area contributed by atoms with Gasteiger partial charge < -0.3 is 15.1 Å². The van der Waals surface area contributed by atoms with E-state index in [1.54, 1.807) is 35.3 Å². The number of aromatic nitrogens is 4. The second-order valence-electron chi connectivity index (χ2n) is 5.40. The maximum absolute atomic E-state index is 12.0. The van der Waals surface area contributed by atoms with E-state index in [1.807, 2.05) is 24.4 Å². The highest BCUT2D eigenvalue weighted by Gasteiger charge is 2.07. The van der Waals surface area contributed by atoms with E-state index in [1.165, 1.54) is 18.9 Å². The predicted octanol–water partition coefficient (Wildman–Crippen LogP) is 3.25. The number of nitrogens with zero attached hydrogens (tertiary/aromatic N) is 4. The molecule has 3 heterocycles. The molecular weight excluding hydrogens is 332 g/mol. The van der Waals surface area contributed by atoms with E-state index in [9.17, 15) is 4.79 Å². The van der Waals surface area contributed by atoms with Crippen molar-refractivity contribution in [2.45, 2.75) is 0 Å². The maximum Gasteiger partial charge on any atom is 0.258 e. The first kappa shape index (κ1) is 15.6. The van der Waals surface area contributed by atoms with Gasteiger partial charge in [-0.15, -0.1) is 0 Å². The standard InChI is InChI=1S/C18H14N6O2/c25-18(13-5-8-26-10-13)23-15-3-1-14(2-4-15)22-16-9-17(21-11-20-16)24-7-6-19-12-24/h1-12H,(H,23,25)(H,20,21,22). The third-order valence-electron chi connectivity index (χ3n) is 3.62. The van der Waals surface area contributed by atoms with Gasteiger partial charge in [0, 0.05) is 29.8 Å². The summed E-state index contributed by atoms with van der Waals surface area (Å²) in [5.41, 5.74) is 1.99. The Labute approximate surface area is 148 Å². The Morgan fingerprint density at radius 3 is 2.65 bits per heavy atom. The van der Waals surface area contributed by atoms with Crippen molar-refractivity contribution in [2.24, 2.45) is 0 Å². The Bertz CT molecular complexity index is 995. The number of imidazole rings is 1. The van der Waals surface area contributed by atoms with Crippen molar-refractivity contribution in [3.63, 3.8) is 0 Å². The summed E-state index contributed by atoms with van der Waals surface area (Å²) in [7, 11) is 0. The van der Waals surface area contributed by atoms with Gasteiger partial charge >= 0.3 is 0 Å². The van der Waals surface area contributed by atoms with Crippen LogP contribution in [0.1, 0.15) is 10.4 Å². The fraction of sp³-hybridized carbons (Fsp3) is 0. The number of furan rings is 1. The third kappa shape index (κ3) is 3.44. The number of rotatable bonds is 5. The maximum atomic E-state index is 12.0. The second kappa shape index (κ2) is 6.89. The van der Waals surface area contributed by atoms with Gasteiger partial charge in [-0.2, -0.15) is 0 Å². The average molecular weight is 346 g/mol. The molecule has 1 amide bonds. The van der Waals surface area contributed by atoms with Crippen molar-refractivity contribution in [3.05, 3.63) is 79.5 Å². The molecule has 4 rings (SSSR count). The zero-order valence-electron chi connectivity index (χ0n) is 13.5. The number of benzene rings is 1. The Kier molecular flexibility index (Phi) is 4.13. The Morgan fingerprint density at radius 1 is 1.08 bits per heavy atom. The van der Waals surface area contributed by atoms with Crippen LogP contribution in [0.2, 0.25) is 0 Å². The highest BCUT2D eigenvalue weighted by atomic mass is 16.3. The normalized spacial score (nSPS) is 10.5. The molecule has 26 heavy (non-hydrogen) atoms. The summed E-state index contributed by atoms with van der Waals surface area (Å²) < 4.78 is 6.70. The van der Waals surface area contributed by atoms with E-state index >= 15 is 0 Å². The summed E-state index contributed by atoms with van der Waals surface area (Å²) in [5.74, 6) is 1.14. The minimum atomic E-state index is -0.222. The molecule has 0 aliphatic carbocycles. The number of anilines is 3. The van der Waals surface area contributed by atoms with Crippen LogP contribution in [0.3, 0.4) is 0 Å². The van der Waals surface area contributed by atoms with Crippen LogP contribution in [0.25, 0.3) is 5.82 Å². The van der Waals surface area contributed by atoms with E-state index in [0.29, 0.717) is 22.9 Å². The zero-order chi connectivity index (χ0) is 17.8. The molecule has 8 nitrogen and oxygen atoms in total. The fourth-order valence-electron chi connectivity index (χ4n) is 2.33. The third-order valence-corrected chi connectivity index (χ3v) is 3.62. The highest BCUT2D eigenvalue weighted by molar-refractivity contribution is 6.04. The first-order valence-corrected chi connectivity index (χ1v) is 7.79. The smallest absolute Gasteiger partial charge is 0.258 e. The lowest BCUT2D eigenvalue weighted by Gasteiger charge is -2.09. The van der Waals surface area contributed by atoms with Gasteiger partial charge in [0.15, 0.2) is 0 Å². The monoisotopic (exact) mass is 346 g/mol. The van der Waals surface area contributed by atoms with Gasteiger partial charge in [-0.25, -0.2) is 15.0 Å². The molecule has 4 aromatic rings. The van der Waals surface area contributed by atoms with Crippen LogP contribution < -0.4 is 10.6 Å². The van der Waals surface area contributed by atoms with Crippen LogP contribution in [0, 0.1) is 0 Å². The van der Waals surface area contributed by atoms with Gasteiger partial charge in [0.2, 0.25) is 0 Å². The van der Waals surface area contributed by atoms with Crippen LogP contribution in [-0.4, -0.2) is 25.4 Å². The van der Waals surface area contributed by atoms with Crippen LogP contribution in [0.4, 0.5) is 17.2 Å². The van der Waals surface area contributed by atoms with E-state index < -0.39 is 0 Å². The van der Waals surface area contributed by atoms with Gasteiger partial charge in [0.25, 0.3) is 5.91 Å². The number of carbonyl (C=O) groups excluding carboxylic acids is 1. The number of carbonyl (C=O) groups is 1. The first-order chi connectivity index (χ1) is 12.8. The lowest BCUT2D eigenvalue weighted by molar-refractivity contribution is 0.102. The largest absolute Gasteiger partial charge is 0.472 e. The topological polar surface area (TPSA) is 97.9 Å². The van der Waals surface area contributed by atoms with Crippen molar-refractivity contribution in [1.29, 1.82) is 0 Å². The average Bonchev–Trinajstić information content (AvgIpc) is 3.38. The lowest BCUT2D eigenvalue weighted by atomic mass is 10.2. The summed E-state index contributed by atoms with van der Waals surface area (Å²) in [6.45, 7) is 0. The molecule has 0 bridgehead atoms. The molecule has 1 aromatic carbocycles. The van der Waals surface area contributed by atoms with Crippen LogP contribution >= 0.6 is 0 Å². The van der Waals surface area contributed by atoms with Crippen molar-refractivity contribution >= 4 is 23.1 Å². The molecule has 128 valence electrons. The van der Waals surface area contributed by atoms with Gasteiger partial charge in [-0.3, -0.25) is 9.36 Å². The minimum Gasteiger partial charge on any atom is -0.472 e. The molecule has 0 saturated carbocycles. The molecular formula is C18H14N6O2. The Morgan fingerprint density at radius 2 is 1.92 bits per heavy atom. The van der Waals surface area contributed by atoms with E-state index in [2.05, 4.69) is 25.6 Å². The van der Waals surface area contributed by atoms with Gasteiger partial charge in [-0.05, 0) is 30.3 Å². The first-order valence-electron chi connectivity index (χ1n) is 7.79. The predicted molar refractivity (Wildman–Crippen MR) is 95.5 cm³/mol. The highest BCUT2D eigenvalue weighted by Crippen LogP contribution is 2.19. The van der Waals surface area contributed by atoms with E-state index in [0.717, 1.165) is 5.69 Å². The van der Waals surface area contributed by atoms with Crippen molar-refractivity contribution in [1.82, 2.24) is 19.5 Å². The molecule has 0 radical (unpaired) electrons. The molecule has 0 aliphatic rings. The summed E-state index contributed by atoms with van der Waals surface area (Å²) in [5, 5.41) is 6.00. The molecule has 0 unspecified atom stereocenters. The molecule has 0 atom stereocenters. The molecule has 2 N–H and O–H groups in total. The fourth-order valence-corrected chi connectivity index (χ4v) is 2.33. The molecule has 0 fully saturated rings. The number of hydrogen-bond donors (Lipinski definition) is 2. The van der Waals surface area contributed by atoms with Crippen molar-refractivity contribution < 1.29 is 9.21 Å². The number of amides is 1. The zero-order valence-corrected chi connectivity index (χ0v) is 13.5. The molecule has 8 heteroatoms. The number of hydrogen-bond acceptors (Lipinski definition) is 6. The van der Waals surface area contributed by atoms with Crippen LogP contribution in [-0.2, 0) is 0 Å². The Balaban J connectivity index is 1.44. The summed E-state index contributed by atoms with van der Waals surface area (Å²) in [4.78, 5) is 24.4. The molecule has 0 spiro atoms. The Hall–Kier alpha value is -3.94. The van der Waals surface area contributed by atoms with Crippen molar-refractivity contribution in [2.75, 3.05) is 10.6 Å². The lowest BCUT2D eigenvalue weighted by Crippen LogP contribution is -2.10. The quantitative estimate of drug-likeness (QED) is 0.576. The summed E-state index contributed by atoms with van der Waals surface area (Å²) in [6, 6.07) is 10.7. The second-order valence-corrected chi connectivity index (χ2v) is 5.40. The molecule has 0 saturated heterocycles. The van der Waals surface area contributed by atoms with Crippen LogP contribution in [0.5, 0.6) is 0 Å². The van der Waals surface area contributed by atoms with Gasteiger partial charge in [0.1, 0.15) is 30.6 Å². The van der Waals surface area contributed by atoms with Gasteiger partial charge in [0.05, 0.1) is 11.8 Å².